The van der Waals surface area contributed by atoms with E-state index in [0.29, 0.717) is 16.4 Å². The molecule has 0 bridgehead atoms. The Morgan fingerprint density at radius 2 is 2.14 bits per heavy atom. The lowest BCUT2D eigenvalue weighted by Gasteiger charge is -2.25. The number of aliphatic hydroxyl groups excluding tert-OH is 1. The maximum Gasteiger partial charge on any atom is 0.325 e. The highest BCUT2D eigenvalue weighted by molar-refractivity contribution is 7.14. The Labute approximate surface area is 128 Å². The number of ether oxygens (including phenoxy) is 1. The molecule has 0 aliphatic heterocycles. The quantitative estimate of drug-likeness (QED) is 0.661. The van der Waals surface area contributed by atoms with Gasteiger partial charge in [-0.25, -0.2) is 0 Å². The first-order valence-electron chi connectivity index (χ1n) is 6.65. The molecule has 5 nitrogen and oxygen atoms in total. The van der Waals surface area contributed by atoms with Gasteiger partial charge in [-0.3, -0.25) is 9.59 Å². The van der Waals surface area contributed by atoms with Gasteiger partial charge in [0.25, 0.3) is 5.91 Å². The van der Waals surface area contributed by atoms with E-state index >= 15 is 0 Å². The molecule has 0 spiro atoms. The second-order valence-electron chi connectivity index (χ2n) is 4.46. The fourth-order valence-electron chi connectivity index (χ4n) is 1.62. The molecule has 6 heteroatoms. The van der Waals surface area contributed by atoms with Crippen molar-refractivity contribution in [3.63, 3.8) is 0 Å². The fourth-order valence-corrected chi connectivity index (χ4v) is 2.46. The lowest BCUT2D eigenvalue weighted by molar-refractivity contribution is -0.144. The summed E-state index contributed by atoms with van der Waals surface area (Å²) in [6.45, 7) is 5.42. The monoisotopic (exact) mass is 309 g/mol. The predicted octanol–water partition coefficient (Wildman–Crippen LogP) is 1.51. The van der Waals surface area contributed by atoms with Crippen LogP contribution < -0.4 is 0 Å². The minimum Gasteiger partial charge on any atom is -0.465 e. The number of rotatable bonds is 5. The van der Waals surface area contributed by atoms with Crippen LogP contribution in [0, 0.1) is 11.8 Å². The zero-order chi connectivity index (χ0) is 15.8. The van der Waals surface area contributed by atoms with Gasteiger partial charge in [0.1, 0.15) is 13.2 Å². The van der Waals surface area contributed by atoms with E-state index < -0.39 is 5.97 Å². The van der Waals surface area contributed by atoms with E-state index in [1.165, 1.54) is 16.2 Å². The normalized spacial score (nSPS) is 9.95. The third-order valence-electron chi connectivity index (χ3n) is 2.60. The molecule has 0 fully saturated rings. The molecule has 1 N–H and O–H groups in total. The minimum absolute atomic E-state index is 0.0696. The van der Waals surface area contributed by atoms with Gasteiger partial charge < -0.3 is 14.7 Å². The van der Waals surface area contributed by atoms with Gasteiger partial charge in [0.05, 0.1) is 16.4 Å². The van der Waals surface area contributed by atoms with E-state index in [-0.39, 0.29) is 25.1 Å². The van der Waals surface area contributed by atoms with E-state index in [1.807, 2.05) is 13.8 Å². The average molecular weight is 309 g/mol. The summed E-state index contributed by atoms with van der Waals surface area (Å²) in [5.41, 5.74) is 0. The van der Waals surface area contributed by atoms with Gasteiger partial charge in [-0.15, -0.1) is 11.3 Å². The zero-order valence-corrected chi connectivity index (χ0v) is 13.2. The average Bonchev–Trinajstić information content (AvgIpc) is 2.90. The number of esters is 1. The van der Waals surface area contributed by atoms with Crippen molar-refractivity contribution in [2.45, 2.75) is 26.8 Å². The van der Waals surface area contributed by atoms with Crippen molar-refractivity contribution in [3.8, 4) is 11.8 Å². The van der Waals surface area contributed by atoms with Crippen LogP contribution in [0.5, 0.6) is 0 Å². The molecule has 21 heavy (non-hydrogen) atoms. The number of hydrogen-bond donors (Lipinski definition) is 1. The molecule has 1 rings (SSSR count). The molecular formula is C15H19NO4S. The molecule has 1 aromatic rings. The Morgan fingerprint density at radius 3 is 2.71 bits per heavy atom. The Morgan fingerprint density at radius 1 is 1.43 bits per heavy atom. The third-order valence-corrected chi connectivity index (χ3v) is 3.59. The molecule has 1 heterocycles. The van der Waals surface area contributed by atoms with E-state index in [9.17, 15) is 9.59 Å². The molecule has 0 saturated heterocycles. The van der Waals surface area contributed by atoms with Crippen LogP contribution in [0.25, 0.3) is 0 Å². The van der Waals surface area contributed by atoms with Gasteiger partial charge in [-0.1, -0.05) is 11.8 Å². The number of carbonyl (C=O) groups is 2. The largest absolute Gasteiger partial charge is 0.465 e. The van der Waals surface area contributed by atoms with Crippen molar-refractivity contribution >= 4 is 23.2 Å². The summed E-state index contributed by atoms with van der Waals surface area (Å²) in [4.78, 5) is 26.7. The Balaban J connectivity index is 2.85. The SMILES string of the molecule is CCOC(=O)CN(C(=O)c1ccc(C#CCO)s1)C(C)C. The summed E-state index contributed by atoms with van der Waals surface area (Å²) >= 11 is 1.24. The van der Waals surface area contributed by atoms with E-state index in [1.54, 1.807) is 19.1 Å². The molecule has 0 atom stereocenters. The number of hydrogen-bond acceptors (Lipinski definition) is 5. The molecule has 0 unspecified atom stereocenters. The first-order chi connectivity index (χ1) is 9.99. The van der Waals surface area contributed by atoms with Crippen LogP contribution in [0.1, 0.15) is 35.3 Å². The van der Waals surface area contributed by atoms with Crippen LogP contribution in [0.2, 0.25) is 0 Å². The Kier molecular flexibility index (Phi) is 6.92. The highest BCUT2D eigenvalue weighted by Crippen LogP contribution is 2.18. The van der Waals surface area contributed by atoms with Gasteiger partial charge in [0.2, 0.25) is 0 Å². The zero-order valence-electron chi connectivity index (χ0n) is 12.4. The molecule has 0 aliphatic rings. The number of aliphatic hydroxyl groups is 1. The highest BCUT2D eigenvalue weighted by Gasteiger charge is 2.23. The fraction of sp³-hybridized carbons (Fsp3) is 0.467. The summed E-state index contributed by atoms with van der Waals surface area (Å²) in [5.74, 6) is 4.65. The molecule has 0 saturated carbocycles. The van der Waals surface area contributed by atoms with Crippen molar-refractivity contribution < 1.29 is 19.4 Å². The maximum absolute atomic E-state index is 12.4. The van der Waals surface area contributed by atoms with Crippen molar-refractivity contribution in [2.24, 2.45) is 0 Å². The van der Waals surface area contributed by atoms with Crippen LogP contribution in [0.15, 0.2) is 12.1 Å². The Hall–Kier alpha value is -1.84. The van der Waals surface area contributed by atoms with Crippen LogP contribution in [-0.2, 0) is 9.53 Å². The van der Waals surface area contributed by atoms with Gasteiger partial charge in [0, 0.05) is 6.04 Å². The summed E-state index contributed by atoms with van der Waals surface area (Å²) in [5, 5.41) is 8.66. The van der Waals surface area contributed by atoms with Crippen LogP contribution in [-0.4, -0.2) is 47.7 Å². The molecule has 1 amide bonds. The first kappa shape index (κ1) is 17.2. The molecule has 1 aromatic heterocycles. The van der Waals surface area contributed by atoms with Crippen molar-refractivity contribution in [1.82, 2.24) is 4.90 Å². The highest BCUT2D eigenvalue weighted by atomic mass is 32.1. The molecule has 114 valence electrons. The van der Waals surface area contributed by atoms with Gasteiger partial charge >= 0.3 is 5.97 Å². The second kappa shape index (κ2) is 8.45. The second-order valence-corrected chi connectivity index (χ2v) is 5.54. The Bertz CT molecular complexity index is 554. The van der Waals surface area contributed by atoms with Gasteiger partial charge in [0.15, 0.2) is 0 Å². The van der Waals surface area contributed by atoms with E-state index in [4.69, 9.17) is 9.84 Å². The summed E-state index contributed by atoms with van der Waals surface area (Å²) in [7, 11) is 0. The first-order valence-corrected chi connectivity index (χ1v) is 7.47. The number of nitrogens with zero attached hydrogens (tertiary/aromatic N) is 1. The lowest BCUT2D eigenvalue weighted by atomic mass is 10.3. The van der Waals surface area contributed by atoms with Gasteiger partial charge in [-0.05, 0) is 32.9 Å². The summed E-state index contributed by atoms with van der Waals surface area (Å²) in [6, 6.07) is 3.29. The van der Waals surface area contributed by atoms with Crippen LogP contribution in [0.4, 0.5) is 0 Å². The standard InChI is InChI=1S/C15H19NO4S/c1-4-20-14(18)10-16(11(2)3)15(19)13-8-7-12(21-13)6-5-9-17/h7-8,11,17H,4,9-10H2,1-3H3. The number of carbonyl (C=O) groups excluding carboxylic acids is 2. The minimum atomic E-state index is -0.420. The van der Waals surface area contributed by atoms with E-state index in [2.05, 4.69) is 11.8 Å². The predicted molar refractivity (Wildman–Crippen MR) is 81.1 cm³/mol. The third kappa shape index (κ3) is 5.21. The summed E-state index contributed by atoms with van der Waals surface area (Å²) < 4.78 is 4.89. The number of thiophene rings is 1. The van der Waals surface area contributed by atoms with E-state index in [0.717, 1.165) is 0 Å². The molecule has 0 aliphatic carbocycles. The molecule has 0 aromatic carbocycles. The van der Waals surface area contributed by atoms with Gasteiger partial charge in [-0.2, -0.15) is 0 Å². The lowest BCUT2D eigenvalue weighted by Crippen LogP contribution is -2.41. The summed E-state index contributed by atoms with van der Waals surface area (Å²) in [6.07, 6.45) is 0. The maximum atomic E-state index is 12.4. The topological polar surface area (TPSA) is 66.8 Å². The van der Waals surface area contributed by atoms with Crippen LogP contribution in [0.3, 0.4) is 0 Å². The molecule has 0 radical (unpaired) electrons. The van der Waals surface area contributed by atoms with Crippen molar-refractivity contribution in [2.75, 3.05) is 19.8 Å². The molecular weight excluding hydrogens is 290 g/mol. The number of amides is 1. The van der Waals surface area contributed by atoms with Crippen LogP contribution >= 0.6 is 11.3 Å². The van der Waals surface area contributed by atoms with Crippen molar-refractivity contribution in [1.29, 1.82) is 0 Å². The van der Waals surface area contributed by atoms with Crippen molar-refractivity contribution in [3.05, 3.63) is 21.9 Å². The smallest absolute Gasteiger partial charge is 0.325 e.